The van der Waals surface area contributed by atoms with Crippen molar-refractivity contribution in [1.29, 1.82) is 0 Å². The van der Waals surface area contributed by atoms with Gasteiger partial charge in [-0.3, -0.25) is 0 Å². The van der Waals surface area contributed by atoms with Crippen molar-refractivity contribution in [3.8, 4) is 5.75 Å². The Labute approximate surface area is 131 Å². The molecule has 2 rings (SSSR count). The summed E-state index contributed by atoms with van der Waals surface area (Å²) in [5, 5.41) is 3.43. The molecule has 1 N–H and O–H groups in total. The Morgan fingerprint density at radius 3 is 2.80 bits per heavy atom. The van der Waals surface area contributed by atoms with E-state index in [0.29, 0.717) is 12.1 Å². The van der Waals surface area contributed by atoms with Crippen molar-refractivity contribution in [2.24, 2.45) is 0 Å². The standard InChI is InChI=1S/C17H26BrNO/c1-3-4-5-6-7-8-14-12-16(19-2)15-11-13(18)9-10-17(15)20-14/h9-11,14,16,19H,3-8,12H2,1-2H3. The number of fused-ring (bicyclic) bond motifs is 1. The van der Waals surface area contributed by atoms with Crippen LogP contribution in [0.3, 0.4) is 0 Å². The highest BCUT2D eigenvalue weighted by Gasteiger charge is 2.27. The second-order valence-electron chi connectivity index (χ2n) is 5.70. The molecule has 1 aliphatic heterocycles. The Kier molecular flexibility index (Phi) is 6.37. The molecule has 0 fully saturated rings. The van der Waals surface area contributed by atoms with Gasteiger partial charge in [0.05, 0.1) is 0 Å². The molecule has 0 amide bonds. The lowest BCUT2D eigenvalue weighted by atomic mass is 9.94. The number of benzene rings is 1. The number of nitrogens with one attached hydrogen (secondary N) is 1. The Balaban J connectivity index is 1.90. The first kappa shape index (κ1) is 15.8. The average Bonchev–Trinajstić information content (AvgIpc) is 2.46. The van der Waals surface area contributed by atoms with Gasteiger partial charge in [-0.25, -0.2) is 0 Å². The fraction of sp³-hybridized carbons (Fsp3) is 0.647. The van der Waals surface area contributed by atoms with Crippen LogP contribution in [0, 0.1) is 0 Å². The maximum atomic E-state index is 6.16. The molecule has 0 saturated carbocycles. The Morgan fingerprint density at radius 2 is 2.05 bits per heavy atom. The fourth-order valence-electron chi connectivity index (χ4n) is 2.94. The summed E-state index contributed by atoms with van der Waals surface area (Å²) in [6, 6.07) is 6.74. The molecule has 0 bridgehead atoms. The highest BCUT2D eigenvalue weighted by atomic mass is 79.9. The molecule has 0 spiro atoms. The number of hydrogen-bond acceptors (Lipinski definition) is 2. The van der Waals surface area contributed by atoms with Crippen LogP contribution in [-0.4, -0.2) is 13.2 Å². The Bertz CT molecular complexity index is 421. The van der Waals surface area contributed by atoms with Crippen LogP contribution in [0.1, 0.15) is 63.5 Å². The predicted octanol–water partition coefficient (Wildman–Crippen LogP) is 5.22. The van der Waals surface area contributed by atoms with Crippen molar-refractivity contribution < 1.29 is 4.74 Å². The highest BCUT2D eigenvalue weighted by Crippen LogP contribution is 2.37. The zero-order chi connectivity index (χ0) is 14.4. The molecule has 2 atom stereocenters. The summed E-state index contributed by atoms with van der Waals surface area (Å²) >= 11 is 3.54. The van der Waals surface area contributed by atoms with Crippen LogP contribution in [0.4, 0.5) is 0 Å². The van der Waals surface area contributed by atoms with Crippen LogP contribution in [0.15, 0.2) is 22.7 Å². The second kappa shape index (κ2) is 8.04. The first-order valence-corrected chi connectivity index (χ1v) is 8.67. The monoisotopic (exact) mass is 339 g/mol. The van der Waals surface area contributed by atoms with Crippen LogP contribution < -0.4 is 10.1 Å². The fourth-order valence-corrected chi connectivity index (χ4v) is 3.32. The van der Waals surface area contributed by atoms with E-state index in [-0.39, 0.29) is 0 Å². The highest BCUT2D eigenvalue weighted by molar-refractivity contribution is 9.10. The summed E-state index contributed by atoms with van der Waals surface area (Å²) in [4.78, 5) is 0. The number of ether oxygens (including phenoxy) is 1. The third-order valence-corrected chi connectivity index (χ3v) is 4.61. The minimum absolute atomic E-state index is 0.364. The van der Waals surface area contributed by atoms with Crippen molar-refractivity contribution in [3.63, 3.8) is 0 Å². The zero-order valence-corrected chi connectivity index (χ0v) is 14.2. The van der Waals surface area contributed by atoms with Crippen LogP contribution in [-0.2, 0) is 0 Å². The van der Waals surface area contributed by atoms with Gasteiger partial charge in [-0.05, 0) is 38.1 Å². The summed E-state index contributed by atoms with van der Waals surface area (Å²) in [6.45, 7) is 2.26. The lowest BCUT2D eigenvalue weighted by Gasteiger charge is -2.32. The van der Waals surface area contributed by atoms with Crippen molar-refractivity contribution >= 4 is 15.9 Å². The maximum absolute atomic E-state index is 6.16. The smallest absolute Gasteiger partial charge is 0.124 e. The van der Waals surface area contributed by atoms with Gasteiger partial charge in [0.2, 0.25) is 0 Å². The van der Waals surface area contributed by atoms with E-state index in [1.807, 2.05) is 7.05 Å². The summed E-state index contributed by atoms with van der Waals surface area (Å²) < 4.78 is 7.29. The lowest BCUT2D eigenvalue weighted by molar-refractivity contribution is 0.140. The molecular weight excluding hydrogens is 314 g/mol. The molecule has 0 saturated heterocycles. The van der Waals surface area contributed by atoms with Crippen molar-refractivity contribution in [2.75, 3.05) is 7.05 Å². The number of rotatable bonds is 7. The molecule has 20 heavy (non-hydrogen) atoms. The lowest BCUT2D eigenvalue weighted by Crippen LogP contribution is -2.31. The topological polar surface area (TPSA) is 21.3 Å². The summed E-state index contributed by atoms with van der Waals surface area (Å²) in [5.74, 6) is 1.05. The molecule has 1 aromatic carbocycles. The minimum Gasteiger partial charge on any atom is -0.490 e. The van der Waals surface area contributed by atoms with E-state index in [2.05, 4.69) is 46.4 Å². The van der Waals surface area contributed by atoms with Gasteiger partial charge in [0, 0.05) is 22.5 Å². The SMILES string of the molecule is CCCCCCCC1CC(NC)c2cc(Br)ccc2O1. The molecular formula is C17H26BrNO. The molecule has 1 aromatic rings. The van der Waals surface area contributed by atoms with Crippen LogP contribution in [0.25, 0.3) is 0 Å². The van der Waals surface area contributed by atoms with Gasteiger partial charge in [-0.2, -0.15) is 0 Å². The van der Waals surface area contributed by atoms with E-state index in [0.717, 1.165) is 16.6 Å². The van der Waals surface area contributed by atoms with Gasteiger partial charge in [-0.1, -0.05) is 48.5 Å². The van der Waals surface area contributed by atoms with E-state index in [4.69, 9.17) is 4.74 Å². The third kappa shape index (κ3) is 4.23. The summed E-state index contributed by atoms with van der Waals surface area (Å²) in [5.41, 5.74) is 1.28. The quantitative estimate of drug-likeness (QED) is 0.687. The molecule has 2 nitrogen and oxygen atoms in total. The molecule has 1 heterocycles. The van der Waals surface area contributed by atoms with Crippen LogP contribution in [0.2, 0.25) is 0 Å². The first-order valence-electron chi connectivity index (χ1n) is 7.88. The van der Waals surface area contributed by atoms with Gasteiger partial charge in [0.15, 0.2) is 0 Å². The minimum atomic E-state index is 0.364. The molecule has 0 radical (unpaired) electrons. The molecule has 3 heteroatoms. The summed E-state index contributed by atoms with van der Waals surface area (Å²) in [6.07, 6.45) is 9.28. The molecule has 2 unspecified atom stereocenters. The van der Waals surface area contributed by atoms with Crippen LogP contribution >= 0.6 is 15.9 Å². The van der Waals surface area contributed by atoms with E-state index in [1.54, 1.807) is 0 Å². The van der Waals surface area contributed by atoms with Crippen molar-refractivity contribution in [1.82, 2.24) is 5.32 Å². The van der Waals surface area contributed by atoms with Gasteiger partial charge >= 0.3 is 0 Å². The largest absolute Gasteiger partial charge is 0.490 e. The maximum Gasteiger partial charge on any atom is 0.124 e. The van der Waals surface area contributed by atoms with E-state index in [1.165, 1.54) is 44.1 Å². The van der Waals surface area contributed by atoms with Gasteiger partial charge < -0.3 is 10.1 Å². The average molecular weight is 340 g/mol. The van der Waals surface area contributed by atoms with Crippen molar-refractivity contribution in [2.45, 2.75) is 64.0 Å². The Hall–Kier alpha value is -0.540. The zero-order valence-electron chi connectivity index (χ0n) is 12.6. The second-order valence-corrected chi connectivity index (χ2v) is 6.62. The Morgan fingerprint density at radius 1 is 1.25 bits per heavy atom. The number of halogens is 1. The third-order valence-electron chi connectivity index (χ3n) is 4.12. The van der Waals surface area contributed by atoms with Crippen LogP contribution in [0.5, 0.6) is 5.75 Å². The van der Waals surface area contributed by atoms with Gasteiger partial charge in [0.1, 0.15) is 11.9 Å². The summed E-state index contributed by atoms with van der Waals surface area (Å²) in [7, 11) is 2.04. The molecule has 112 valence electrons. The van der Waals surface area contributed by atoms with E-state index < -0.39 is 0 Å². The number of unbranched alkanes of at least 4 members (excludes halogenated alkanes) is 4. The normalized spacial score (nSPS) is 21.4. The van der Waals surface area contributed by atoms with Gasteiger partial charge in [-0.15, -0.1) is 0 Å². The van der Waals surface area contributed by atoms with E-state index in [9.17, 15) is 0 Å². The molecule has 1 aliphatic rings. The number of hydrogen-bond donors (Lipinski definition) is 1. The van der Waals surface area contributed by atoms with E-state index >= 15 is 0 Å². The first-order chi connectivity index (χ1) is 9.74. The predicted molar refractivity (Wildman–Crippen MR) is 88.4 cm³/mol. The van der Waals surface area contributed by atoms with Crippen molar-refractivity contribution in [3.05, 3.63) is 28.2 Å². The van der Waals surface area contributed by atoms with Gasteiger partial charge in [0.25, 0.3) is 0 Å². The molecule has 0 aliphatic carbocycles. The molecule has 0 aromatic heterocycles.